The van der Waals surface area contributed by atoms with Gasteiger partial charge in [-0.05, 0) is 6.92 Å². The third-order valence-corrected chi connectivity index (χ3v) is 2.75. The van der Waals surface area contributed by atoms with E-state index in [1.165, 1.54) is 6.92 Å². The fraction of sp³-hybridized carbons (Fsp3) is 0.900. The average molecular weight is 298 g/mol. The smallest absolute Gasteiger partial charge is 0.459 e. The van der Waals surface area contributed by atoms with Gasteiger partial charge in [0.1, 0.15) is 0 Å². The van der Waals surface area contributed by atoms with Crippen LogP contribution >= 0.6 is 0 Å². The van der Waals surface area contributed by atoms with Gasteiger partial charge in [-0.1, -0.05) is 13.8 Å². The molecule has 0 heterocycles. The highest BCUT2D eigenvalue weighted by molar-refractivity contribution is 5.72. The molecule has 0 aliphatic carbocycles. The molecule has 0 aliphatic heterocycles. The van der Waals surface area contributed by atoms with E-state index in [-0.39, 0.29) is 6.61 Å². The third kappa shape index (κ3) is 3.30. The van der Waals surface area contributed by atoms with Gasteiger partial charge in [-0.3, -0.25) is 4.79 Å². The number of ether oxygens (including phenoxy) is 1. The highest BCUT2D eigenvalue weighted by Crippen LogP contribution is 2.51. The van der Waals surface area contributed by atoms with E-state index in [0.717, 1.165) is 6.92 Å². The van der Waals surface area contributed by atoms with E-state index in [2.05, 4.69) is 4.74 Å². The lowest BCUT2D eigenvalue weighted by Gasteiger charge is -2.34. The average Bonchev–Trinajstić information content (AvgIpc) is 2.25. The summed E-state index contributed by atoms with van der Waals surface area (Å²) in [6.45, 7) is 2.40. The van der Waals surface area contributed by atoms with Crippen molar-refractivity contribution in [2.75, 3.05) is 6.61 Å². The molecule has 0 saturated carbocycles. The molecule has 0 amide bonds. The summed E-state index contributed by atoms with van der Waals surface area (Å²) in [7, 11) is 0. The zero-order valence-electron chi connectivity index (χ0n) is 10.3. The van der Waals surface area contributed by atoms with E-state index in [1.54, 1.807) is 0 Å². The number of alkyl halides is 7. The zero-order chi connectivity index (χ0) is 15.6. The van der Waals surface area contributed by atoms with Gasteiger partial charge in [0.25, 0.3) is 0 Å². The van der Waals surface area contributed by atoms with Crippen molar-refractivity contribution in [3.05, 3.63) is 0 Å². The van der Waals surface area contributed by atoms with Gasteiger partial charge >= 0.3 is 24.0 Å². The lowest BCUT2D eigenvalue weighted by Crippen LogP contribution is -2.56. The summed E-state index contributed by atoms with van der Waals surface area (Å²) >= 11 is 0. The summed E-state index contributed by atoms with van der Waals surface area (Å²) in [5.41, 5.74) is 0. The van der Waals surface area contributed by atoms with Crippen LogP contribution in [0.4, 0.5) is 30.7 Å². The maximum atomic E-state index is 13.3. The van der Waals surface area contributed by atoms with Gasteiger partial charge in [0.05, 0.1) is 12.5 Å². The lowest BCUT2D eigenvalue weighted by molar-refractivity contribution is -0.367. The Kier molecular flexibility index (Phi) is 5.24. The number of carbonyl (C=O) groups excluding carboxylic acids is 1. The molecule has 0 aromatic rings. The minimum atomic E-state index is -6.40. The number of carbonyl (C=O) groups is 1. The van der Waals surface area contributed by atoms with Crippen LogP contribution in [0.15, 0.2) is 0 Å². The predicted octanol–water partition coefficient (Wildman–Crippen LogP) is 3.65. The van der Waals surface area contributed by atoms with Crippen molar-refractivity contribution < 1.29 is 40.3 Å². The minimum Gasteiger partial charge on any atom is -0.466 e. The van der Waals surface area contributed by atoms with Gasteiger partial charge < -0.3 is 4.74 Å². The Hall–Kier alpha value is -1.02. The van der Waals surface area contributed by atoms with Crippen molar-refractivity contribution in [3.63, 3.8) is 0 Å². The van der Waals surface area contributed by atoms with Crippen molar-refractivity contribution in [1.82, 2.24) is 0 Å². The Bertz CT molecular complexity index is 324. The van der Waals surface area contributed by atoms with E-state index < -0.39 is 35.8 Å². The van der Waals surface area contributed by atoms with Gasteiger partial charge in [-0.2, -0.15) is 30.7 Å². The minimum absolute atomic E-state index is 0.197. The molecule has 0 aromatic heterocycles. The topological polar surface area (TPSA) is 26.3 Å². The fourth-order valence-corrected chi connectivity index (χ4v) is 1.27. The van der Waals surface area contributed by atoms with E-state index in [1.807, 2.05) is 0 Å². The molecule has 19 heavy (non-hydrogen) atoms. The first-order valence-corrected chi connectivity index (χ1v) is 5.29. The first-order valence-electron chi connectivity index (χ1n) is 5.29. The van der Waals surface area contributed by atoms with Crippen molar-refractivity contribution >= 4 is 5.97 Å². The maximum absolute atomic E-state index is 13.3. The quantitative estimate of drug-likeness (QED) is 0.572. The largest absolute Gasteiger partial charge is 0.466 e. The van der Waals surface area contributed by atoms with Crippen LogP contribution in [0.1, 0.15) is 20.8 Å². The molecule has 0 rings (SSSR count). The SMILES string of the molecule is CCOC(=O)C(C)C(C)C(F)(F)C(F)(F)C(F)(F)F. The van der Waals surface area contributed by atoms with Crippen molar-refractivity contribution in [2.24, 2.45) is 11.8 Å². The van der Waals surface area contributed by atoms with Gasteiger partial charge in [0, 0.05) is 5.92 Å². The van der Waals surface area contributed by atoms with E-state index in [4.69, 9.17) is 0 Å². The molecule has 2 unspecified atom stereocenters. The third-order valence-electron chi connectivity index (χ3n) is 2.75. The number of rotatable bonds is 5. The Morgan fingerprint density at radius 2 is 1.47 bits per heavy atom. The molecule has 0 aromatic carbocycles. The van der Waals surface area contributed by atoms with Crippen LogP contribution < -0.4 is 0 Å². The molecule has 9 heteroatoms. The van der Waals surface area contributed by atoms with Crippen molar-refractivity contribution in [2.45, 2.75) is 38.8 Å². The van der Waals surface area contributed by atoms with Crippen LogP contribution in [-0.4, -0.2) is 30.6 Å². The zero-order valence-corrected chi connectivity index (χ0v) is 10.3. The predicted molar refractivity (Wildman–Crippen MR) is 50.9 cm³/mol. The summed E-state index contributed by atoms with van der Waals surface area (Å²) in [5.74, 6) is -17.2. The van der Waals surface area contributed by atoms with Gasteiger partial charge in [0.2, 0.25) is 0 Å². The Labute approximate surface area is 104 Å². The molecule has 0 spiro atoms. The first kappa shape index (κ1) is 18.0. The lowest BCUT2D eigenvalue weighted by atomic mass is 9.86. The first-order chi connectivity index (χ1) is 8.30. The van der Waals surface area contributed by atoms with Crippen LogP contribution in [0, 0.1) is 11.8 Å². The van der Waals surface area contributed by atoms with Crippen molar-refractivity contribution in [1.29, 1.82) is 0 Å². The van der Waals surface area contributed by atoms with Crippen LogP contribution in [0.5, 0.6) is 0 Å². The Morgan fingerprint density at radius 3 is 1.79 bits per heavy atom. The van der Waals surface area contributed by atoms with Crippen LogP contribution in [-0.2, 0) is 9.53 Å². The number of hydrogen-bond acceptors (Lipinski definition) is 2. The standard InChI is InChI=1S/C10H13F7O2/c1-4-19-7(18)5(2)6(3)8(11,12)9(13,14)10(15,16)17/h5-6H,4H2,1-3H3. The molecule has 0 bridgehead atoms. The second kappa shape index (κ2) is 5.54. The number of halogens is 7. The Balaban J connectivity index is 5.26. The monoisotopic (exact) mass is 298 g/mol. The highest BCUT2D eigenvalue weighted by atomic mass is 19.4. The molecule has 0 saturated heterocycles. The van der Waals surface area contributed by atoms with E-state index in [0.29, 0.717) is 6.92 Å². The molecular formula is C10H13F7O2. The molecule has 2 nitrogen and oxygen atoms in total. The molecule has 0 aliphatic rings. The second-order valence-corrected chi connectivity index (χ2v) is 4.02. The summed E-state index contributed by atoms with van der Waals surface area (Å²) < 4.78 is 92.2. The van der Waals surface area contributed by atoms with Crippen LogP contribution in [0.3, 0.4) is 0 Å². The molecule has 0 radical (unpaired) electrons. The molecular weight excluding hydrogens is 285 g/mol. The number of hydrogen-bond donors (Lipinski definition) is 0. The van der Waals surface area contributed by atoms with E-state index >= 15 is 0 Å². The molecule has 0 N–H and O–H groups in total. The maximum Gasteiger partial charge on any atom is 0.459 e. The van der Waals surface area contributed by atoms with Gasteiger partial charge in [0.15, 0.2) is 0 Å². The molecule has 0 fully saturated rings. The molecule has 2 atom stereocenters. The fourth-order valence-electron chi connectivity index (χ4n) is 1.27. The number of esters is 1. The summed E-state index contributed by atoms with van der Waals surface area (Å²) in [5, 5.41) is 0. The molecule has 114 valence electrons. The summed E-state index contributed by atoms with van der Waals surface area (Å²) in [6, 6.07) is 0. The highest BCUT2D eigenvalue weighted by Gasteiger charge is 2.75. The normalized spacial score (nSPS) is 16.9. The summed E-state index contributed by atoms with van der Waals surface area (Å²) in [6.07, 6.45) is -6.40. The summed E-state index contributed by atoms with van der Waals surface area (Å²) in [4.78, 5) is 11.1. The van der Waals surface area contributed by atoms with Gasteiger partial charge in [-0.15, -0.1) is 0 Å². The Morgan fingerprint density at radius 1 is 1.05 bits per heavy atom. The van der Waals surface area contributed by atoms with Crippen LogP contribution in [0.25, 0.3) is 0 Å². The van der Waals surface area contributed by atoms with Gasteiger partial charge in [-0.25, -0.2) is 0 Å². The van der Waals surface area contributed by atoms with E-state index in [9.17, 15) is 35.5 Å². The van der Waals surface area contributed by atoms with Crippen molar-refractivity contribution in [3.8, 4) is 0 Å². The van der Waals surface area contributed by atoms with Crippen LogP contribution in [0.2, 0.25) is 0 Å². The second-order valence-electron chi connectivity index (χ2n) is 4.02.